The van der Waals surface area contributed by atoms with Crippen LogP contribution in [0.1, 0.15) is 5.56 Å². The molecule has 0 spiro atoms. The number of benzene rings is 2. The maximum Gasteiger partial charge on any atom is 0.253 e. The third-order valence-corrected chi connectivity index (χ3v) is 4.65. The van der Waals surface area contributed by atoms with E-state index in [-0.39, 0.29) is 5.82 Å². The molecular formula is C18H13FN4S. The van der Waals surface area contributed by atoms with Crippen LogP contribution in [-0.4, -0.2) is 19.6 Å². The molecule has 0 aliphatic rings. The highest BCUT2D eigenvalue weighted by Gasteiger charge is 2.10. The van der Waals surface area contributed by atoms with Gasteiger partial charge in [0.15, 0.2) is 0 Å². The van der Waals surface area contributed by atoms with Gasteiger partial charge in [0.25, 0.3) is 5.78 Å². The number of aromatic nitrogens is 4. The molecule has 118 valence electrons. The van der Waals surface area contributed by atoms with E-state index in [9.17, 15) is 4.39 Å². The van der Waals surface area contributed by atoms with Crippen LogP contribution in [0.2, 0.25) is 0 Å². The fourth-order valence-corrected chi connectivity index (χ4v) is 3.34. The highest BCUT2D eigenvalue weighted by molar-refractivity contribution is 7.98. The summed E-state index contributed by atoms with van der Waals surface area (Å²) in [4.78, 5) is 8.77. The van der Waals surface area contributed by atoms with Crippen LogP contribution in [0.4, 0.5) is 4.39 Å². The maximum atomic E-state index is 13.0. The summed E-state index contributed by atoms with van der Waals surface area (Å²) in [6.45, 7) is 0. The van der Waals surface area contributed by atoms with Crippen LogP contribution in [0.15, 0.2) is 72.0 Å². The highest BCUT2D eigenvalue weighted by atomic mass is 32.2. The number of fused-ring (bicyclic) bond motifs is 1. The Morgan fingerprint density at radius 1 is 1.00 bits per heavy atom. The van der Waals surface area contributed by atoms with Crippen molar-refractivity contribution in [1.29, 1.82) is 0 Å². The van der Waals surface area contributed by atoms with Gasteiger partial charge < -0.3 is 0 Å². The van der Waals surface area contributed by atoms with E-state index in [1.165, 1.54) is 18.5 Å². The van der Waals surface area contributed by atoms with E-state index in [0.717, 1.165) is 21.8 Å². The monoisotopic (exact) mass is 336 g/mol. The summed E-state index contributed by atoms with van der Waals surface area (Å²) < 4.78 is 14.7. The molecule has 0 N–H and O–H groups in total. The summed E-state index contributed by atoms with van der Waals surface area (Å²) >= 11 is 1.62. The Balaban J connectivity index is 1.68. The summed E-state index contributed by atoms with van der Waals surface area (Å²) in [6.07, 6.45) is 1.50. The van der Waals surface area contributed by atoms with Gasteiger partial charge in [-0.05, 0) is 23.8 Å². The van der Waals surface area contributed by atoms with Crippen LogP contribution in [-0.2, 0) is 5.75 Å². The molecule has 0 fully saturated rings. The maximum absolute atomic E-state index is 13.0. The third kappa shape index (κ3) is 3.00. The van der Waals surface area contributed by atoms with Gasteiger partial charge in [0.2, 0.25) is 0 Å². The van der Waals surface area contributed by atoms with E-state index in [2.05, 4.69) is 15.1 Å². The predicted octanol–water partition coefficient (Wildman–Crippen LogP) is 4.22. The standard InChI is InChI=1S/C18H13FN4S/c19-15-8-6-13(7-9-15)11-24-17-10-16(14-4-2-1-3-5-14)22-18-20-12-21-23(17)18/h1-10,12H,11H2. The van der Waals surface area contributed by atoms with Gasteiger partial charge in [-0.2, -0.15) is 14.6 Å². The molecule has 0 amide bonds. The Labute approximate surface area is 142 Å². The van der Waals surface area contributed by atoms with Gasteiger partial charge >= 0.3 is 0 Å². The number of nitrogens with zero attached hydrogens (tertiary/aromatic N) is 4. The first-order valence-electron chi connectivity index (χ1n) is 7.43. The topological polar surface area (TPSA) is 43.1 Å². The van der Waals surface area contributed by atoms with Crippen molar-refractivity contribution in [3.63, 3.8) is 0 Å². The molecule has 4 rings (SSSR count). The zero-order valence-electron chi connectivity index (χ0n) is 12.6. The van der Waals surface area contributed by atoms with Gasteiger partial charge in [0.1, 0.15) is 17.2 Å². The minimum Gasteiger partial charge on any atom is -0.211 e. The molecule has 0 aliphatic carbocycles. The average Bonchev–Trinajstić information content (AvgIpc) is 3.10. The summed E-state index contributed by atoms with van der Waals surface area (Å²) in [5.41, 5.74) is 2.94. The molecule has 4 nitrogen and oxygen atoms in total. The summed E-state index contributed by atoms with van der Waals surface area (Å²) in [6, 6.07) is 18.5. The molecule has 0 radical (unpaired) electrons. The molecule has 0 unspecified atom stereocenters. The molecule has 0 saturated carbocycles. The Kier molecular flexibility index (Phi) is 3.96. The second kappa shape index (κ2) is 6.41. The Hall–Kier alpha value is -2.73. The van der Waals surface area contributed by atoms with Gasteiger partial charge in [-0.1, -0.05) is 42.5 Å². The lowest BCUT2D eigenvalue weighted by Gasteiger charge is -2.07. The van der Waals surface area contributed by atoms with Crippen molar-refractivity contribution in [2.45, 2.75) is 10.8 Å². The first kappa shape index (κ1) is 14.8. The van der Waals surface area contributed by atoms with Gasteiger partial charge in [0.05, 0.1) is 5.69 Å². The minimum absolute atomic E-state index is 0.224. The molecule has 2 aromatic heterocycles. The molecule has 0 bridgehead atoms. The molecule has 0 atom stereocenters. The third-order valence-electron chi connectivity index (χ3n) is 3.59. The quantitative estimate of drug-likeness (QED) is 0.413. The van der Waals surface area contributed by atoms with Crippen molar-refractivity contribution in [2.24, 2.45) is 0 Å². The summed E-state index contributed by atoms with van der Waals surface area (Å²) in [7, 11) is 0. The first-order valence-corrected chi connectivity index (χ1v) is 8.41. The Morgan fingerprint density at radius 3 is 2.58 bits per heavy atom. The van der Waals surface area contributed by atoms with Crippen molar-refractivity contribution >= 4 is 17.5 Å². The van der Waals surface area contributed by atoms with Crippen molar-refractivity contribution < 1.29 is 4.39 Å². The minimum atomic E-state index is -0.224. The van der Waals surface area contributed by atoms with E-state index in [1.54, 1.807) is 28.4 Å². The molecule has 4 aromatic rings. The lowest BCUT2D eigenvalue weighted by molar-refractivity contribution is 0.627. The van der Waals surface area contributed by atoms with Crippen LogP contribution in [0.25, 0.3) is 17.0 Å². The largest absolute Gasteiger partial charge is 0.253 e. The zero-order valence-corrected chi connectivity index (χ0v) is 13.4. The van der Waals surface area contributed by atoms with Crippen molar-refractivity contribution in [1.82, 2.24) is 19.6 Å². The van der Waals surface area contributed by atoms with Gasteiger partial charge in [-0.15, -0.1) is 11.8 Å². The SMILES string of the molecule is Fc1ccc(CSc2cc(-c3ccccc3)nc3ncnn23)cc1. The Bertz CT molecular complexity index is 967. The number of hydrogen-bond donors (Lipinski definition) is 0. The Morgan fingerprint density at radius 2 is 1.79 bits per heavy atom. The molecule has 2 heterocycles. The van der Waals surface area contributed by atoms with Crippen LogP contribution < -0.4 is 0 Å². The number of thioether (sulfide) groups is 1. The van der Waals surface area contributed by atoms with E-state index < -0.39 is 0 Å². The predicted molar refractivity (Wildman–Crippen MR) is 92.2 cm³/mol. The smallest absolute Gasteiger partial charge is 0.211 e. The first-order chi connectivity index (χ1) is 11.8. The van der Waals surface area contributed by atoms with E-state index in [0.29, 0.717) is 11.5 Å². The molecule has 2 aromatic carbocycles. The van der Waals surface area contributed by atoms with Gasteiger partial charge in [0, 0.05) is 11.3 Å². The van der Waals surface area contributed by atoms with Crippen molar-refractivity contribution in [3.8, 4) is 11.3 Å². The molecule has 0 saturated heterocycles. The lowest BCUT2D eigenvalue weighted by atomic mass is 10.1. The van der Waals surface area contributed by atoms with Crippen molar-refractivity contribution in [2.75, 3.05) is 0 Å². The van der Waals surface area contributed by atoms with Crippen LogP contribution in [0, 0.1) is 5.82 Å². The van der Waals surface area contributed by atoms with Crippen molar-refractivity contribution in [3.05, 3.63) is 78.4 Å². The van der Waals surface area contributed by atoms with Crippen LogP contribution in [0.3, 0.4) is 0 Å². The van der Waals surface area contributed by atoms with E-state index in [1.807, 2.05) is 36.4 Å². The molecule has 24 heavy (non-hydrogen) atoms. The summed E-state index contributed by atoms with van der Waals surface area (Å²) in [5.74, 6) is 1.06. The second-order valence-electron chi connectivity index (χ2n) is 5.23. The fraction of sp³-hybridized carbons (Fsp3) is 0.0556. The van der Waals surface area contributed by atoms with Crippen LogP contribution in [0.5, 0.6) is 0 Å². The summed E-state index contributed by atoms with van der Waals surface area (Å²) in [5, 5.41) is 5.19. The van der Waals surface area contributed by atoms with Gasteiger partial charge in [-0.3, -0.25) is 0 Å². The fourth-order valence-electron chi connectivity index (χ4n) is 2.38. The van der Waals surface area contributed by atoms with Crippen LogP contribution >= 0.6 is 11.8 Å². The van der Waals surface area contributed by atoms with E-state index in [4.69, 9.17) is 0 Å². The second-order valence-corrected chi connectivity index (χ2v) is 6.23. The van der Waals surface area contributed by atoms with E-state index >= 15 is 0 Å². The van der Waals surface area contributed by atoms with Gasteiger partial charge in [-0.25, -0.2) is 9.37 Å². The molecule has 6 heteroatoms. The molecule has 0 aliphatic heterocycles. The molecular weight excluding hydrogens is 323 g/mol. The zero-order chi connectivity index (χ0) is 16.4. The normalized spacial score (nSPS) is 11.0. The number of rotatable bonds is 4. The average molecular weight is 336 g/mol. The number of halogens is 1. The lowest BCUT2D eigenvalue weighted by Crippen LogP contribution is -1.98. The number of hydrogen-bond acceptors (Lipinski definition) is 4. The highest BCUT2D eigenvalue weighted by Crippen LogP contribution is 2.27.